The lowest BCUT2D eigenvalue weighted by molar-refractivity contribution is 0.281. The van der Waals surface area contributed by atoms with Gasteiger partial charge in [0.15, 0.2) is 5.65 Å². The zero-order chi connectivity index (χ0) is 16.1. The summed E-state index contributed by atoms with van der Waals surface area (Å²) in [5.41, 5.74) is 0.730. The quantitative estimate of drug-likeness (QED) is 0.675. The van der Waals surface area contributed by atoms with Crippen molar-refractivity contribution in [1.82, 2.24) is 24.5 Å². The fraction of sp³-hybridized carbons (Fsp3) is 0.312. The molecule has 0 unspecified atom stereocenters. The third-order valence-electron chi connectivity index (χ3n) is 3.23. The number of nitrogens with one attached hydrogen (secondary N) is 1. The Bertz CT molecular complexity index is 756. The summed E-state index contributed by atoms with van der Waals surface area (Å²) >= 11 is 0. The second kappa shape index (κ2) is 7.06. The third kappa shape index (κ3) is 4.17. The summed E-state index contributed by atoms with van der Waals surface area (Å²) in [6, 6.07) is 9.41. The van der Waals surface area contributed by atoms with Gasteiger partial charge >= 0.3 is 0 Å². The summed E-state index contributed by atoms with van der Waals surface area (Å²) in [6.45, 7) is 1.69. The number of hydrogen-bond acceptors (Lipinski definition) is 6. The molecule has 7 nitrogen and oxygen atoms in total. The van der Waals surface area contributed by atoms with Crippen LogP contribution in [0.5, 0.6) is 5.75 Å². The Morgan fingerprint density at radius 2 is 2.17 bits per heavy atom. The predicted molar refractivity (Wildman–Crippen MR) is 89.2 cm³/mol. The van der Waals surface area contributed by atoms with Crippen LogP contribution in [-0.4, -0.2) is 51.7 Å². The smallest absolute Gasteiger partial charge is 0.248 e. The maximum absolute atomic E-state index is 5.75. The van der Waals surface area contributed by atoms with Gasteiger partial charge in [0.25, 0.3) is 0 Å². The highest BCUT2D eigenvalue weighted by molar-refractivity contribution is 5.53. The monoisotopic (exact) mass is 312 g/mol. The van der Waals surface area contributed by atoms with Crippen LogP contribution < -0.4 is 10.1 Å². The van der Waals surface area contributed by atoms with E-state index in [4.69, 9.17) is 4.74 Å². The van der Waals surface area contributed by atoms with E-state index in [1.807, 2.05) is 36.5 Å². The number of pyridine rings is 2. The SMILES string of the molecule is CN(C)CCCOc1ccn2nc(Nc3ccccn3)nc2c1. The van der Waals surface area contributed by atoms with Crippen molar-refractivity contribution in [2.75, 3.05) is 32.6 Å². The third-order valence-corrected chi connectivity index (χ3v) is 3.23. The molecule has 3 aromatic heterocycles. The molecule has 7 heteroatoms. The van der Waals surface area contributed by atoms with Gasteiger partial charge in [-0.05, 0) is 38.7 Å². The molecular weight excluding hydrogens is 292 g/mol. The molecular formula is C16H20N6O. The van der Waals surface area contributed by atoms with Crippen LogP contribution in [0.15, 0.2) is 42.7 Å². The molecule has 0 aromatic carbocycles. The van der Waals surface area contributed by atoms with Gasteiger partial charge in [-0.2, -0.15) is 4.98 Å². The first kappa shape index (κ1) is 15.2. The predicted octanol–water partition coefficient (Wildman–Crippen LogP) is 2.20. The molecule has 0 aliphatic carbocycles. The summed E-state index contributed by atoms with van der Waals surface area (Å²) in [6.07, 6.45) is 4.54. The maximum Gasteiger partial charge on any atom is 0.248 e. The molecule has 3 heterocycles. The summed E-state index contributed by atoms with van der Waals surface area (Å²) in [5, 5.41) is 7.44. The first-order valence-corrected chi connectivity index (χ1v) is 7.53. The molecule has 0 amide bonds. The maximum atomic E-state index is 5.75. The van der Waals surface area contributed by atoms with E-state index in [-0.39, 0.29) is 0 Å². The lowest BCUT2D eigenvalue weighted by atomic mass is 10.4. The lowest BCUT2D eigenvalue weighted by Crippen LogP contribution is -2.15. The average Bonchev–Trinajstić information content (AvgIpc) is 2.94. The van der Waals surface area contributed by atoms with Crippen LogP contribution in [0.4, 0.5) is 11.8 Å². The highest BCUT2D eigenvalue weighted by atomic mass is 16.5. The van der Waals surface area contributed by atoms with Crippen molar-refractivity contribution in [2.24, 2.45) is 0 Å². The van der Waals surface area contributed by atoms with Crippen molar-refractivity contribution in [3.8, 4) is 5.75 Å². The summed E-state index contributed by atoms with van der Waals surface area (Å²) in [7, 11) is 4.11. The Balaban J connectivity index is 1.66. The van der Waals surface area contributed by atoms with Gasteiger partial charge in [0.05, 0.1) is 6.61 Å². The Kier molecular flexibility index (Phi) is 4.68. The van der Waals surface area contributed by atoms with Crippen LogP contribution in [0.3, 0.4) is 0 Å². The zero-order valence-corrected chi connectivity index (χ0v) is 13.3. The van der Waals surface area contributed by atoms with Gasteiger partial charge in [-0.1, -0.05) is 6.07 Å². The van der Waals surface area contributed by atoms with Crippen molar-refractivity contribution in [2.45, 2.75) is 6.42 Å². The first-order valence-electron chi connectivity index (χ1n) is 7.53. The number of ether oxygens (including phenoxy) is 1. The molecule has 3 rings (SSSR count). The number of fused-ring (bicyclic) bond motifs is 1. The van der Waals surface area contributed by atoms with Crippen molar-refractivity contribution in [1.29, 1.82) is 0 Å². The van der Waals surface area contributed by atoms with Gasteiger partial charge in [-0.3, -0.25) is 0 Å². The highest BCUT2D eigenvalue weighted by Gasteiger charge is 2.05. The largest absolute Gasteiger partial charge is 0.493 e. The van der Waals surface area contributed by atoms with Gasteiger partial charge in [0.1, 0.15) is 11.6 Å². The molecule has 0 fully saturated rings. The zero-order valence-electron chi connectivity index (χ0n) is 13.3. The minimum atomic E-state index is 0.508. The summed E-state index contributed by atoms with van der Waals surface area (Å²) < 4.78 is 7.46. The number of rotatable bonds is 7. The molecule has 1 N–H and O–H groups in total. The van der Waals surface area contributed by atoms with E-state index in [0.717, 1.165) is 24.4 Å². The number of hydrogen-bond donors (Lipinski definition) is 1. The number of aromatic nitrogens is 4. The van der Waals surface area contributed by atoms with Gasteiger partial charge in [0.2, 0.25) is 5.95 Å². The Labute approximate surface area is 134 Å². The van der Waals surface area contributed by atoms with Crippen molar-refractivity contribution < 1.29 is 4.74 Å². The van der Waals surface area contributed by atoms with E-state index < -0.39 is 0 Å². The van der Waals surface area contributed by atoms with Crippen molar-refractivity contribution in [3.05, 3.63) is 42.7 Å². The molecule has 0 aliphatic heterocycles. The van der Waals surface area contributed by atoms with E-state index in [1.54, 1.807) is 10.7 Å². The van der Waals surface area contributed by atoms with Crippen molar-refractivity contribution >= 4 is 17.4 Å². The van der Waals surface area contributed by atoms with Crippen molar-refractivity contribution in [3.63, 3.8) is 0 Å². The summed E-state index contributed by atoms with van der Waals surface area (Å²) in [5.74, 6) is 2.02. The van der Waals surface area contributed by atoms with Gasteiger partial charge in [0, 0.05) is 25.0 Å². The highest BCUT2D eigenvalue weighted by Crippen LogP contribution is 2.16. The lowest BCUT2D eigenvalue weighted by Gasteiger charge is -2.10. The Morgan fingerprint density at radius 3 is 2.96 bits per heavy atom. The van der Waals surface area contributed by atoms with Crippen LogP contribution in [0.2, 0.25) is 0 Å². The molecule has 120 valence electrons. The van der Waals surface area contributed by atoms with E-state index in [2.05, 4.69) is 39.4 Å². The van der Waals surface area contributed by atoms with Crippen LogP contribution >= 0.6 is 0 Å². The molecule has 0 aliphatic rings. The number of anilines is 2. The second-order valence-corrected chi connectivity index (χ2v) is 5.45. The van der Waals surface area contributed by atoms with Crippen LogP contribution in [-0.2, 0) is 0 Å². The van der Waals surface area contributed by atoms with Gasteiger partial charge < -0.3 is 15.0 Å². The minimum absolute atomic E-state index is 0.508. The molecule has 0 radical (unpaired) electrons. The number of nitrogens with zero attached hydrogens (tertiary/aromatic N) is 5. The Morgan fingerprint density at radius 1 is 1.26 bits per heavy atom. The topological polar surface area (TPSA) is 67.6 Å². The van der Waals surface area contributed by atoms with E-state index in [9.17, 15) is 0 Å². The standard InChI is InChI=1S/C16H20N6O/c1-21(2)9-5-11-23-13-7-10-22-15(12-13)19-16(20-22)18-14-6-3-4-8-17-14/h3-4,6-8,10,12H,5,9,11H2,1-2H3,(H,17,18,20). The molecule has 23 heavy (non-hydrogen) atoms. The summed E-state index contributed by atoms with van der Waals surface area (Å²) in [4.78, 5) is 10.8. The molecule has 0 saturated heterocycles. The Hall–Kier alpha value is -2.67. The molecule has 3 aromatic rings. The fourth-order valence-electron chi connectivity index (χ4n) is 2.13. The minimum Gasteiger partial charge on any atom is -0.493 e. The van der Waals surface area contributed by atoms with E-state index in [0.29, 0.717) is 18.4 Å². The van der Waals surface area contributed by atoms with Crippen LogP contribution in [0.25, 0.3) is 5.65 Å². The van der Waals surface area contributed by atoms with Gasteiger partial charge in [-0.25, -0.2) is 9.50 Å². The fourth-order valence-corrected chi connectivity index (χ4v) is 2.13. The second-order valence-electron chi connectivity index (χ2n) is 5.45. The molecule has 0 saturated carbocycles. The first-order chi connectivity index (χ1) is 11.2. The molecule has 0 bridgehead atoms. The molecule has 0 atom stereocenters. The normalized spacial score (nSPS) is 11.1. The van der Waals surface area contributed by atoms with Gasteiger partial charge in [-0.15, -0.1) is 5.10 Å². The van der Waals surface area contributed by atoms with E-state index >= 15 is 0 Å². The average molecular weight is 312 g/mol. The van der Waals surface area contributed by atoms with E-state index in [1.165, 1.54) is 0 Å². The van der Waals surface area contributed by atoms with Crippen LogP contribution in [0.1, 0.15) is 6.42 Å². The van der Waals surface area contributed by atoms with Crippen LogP contribution in [0, 0.1) is 0 Å². The molecule has 0 spiro atoms.